The van der Waals surface area contributed by atoms with Crippen molar-refractivity contribution in [3.8, 4) is 0 Å². The van der Waals surface area contributed by atoms with Gasteiger partial charge in [-0.3, -0.25) is 4.79 Å². The molecule has 1 unspecified atom stereocenters. The molecule has 0 spiro atoms. The van der Waals surface area contributed by atoms with Gasteiger partial charge in [-0.1, -0.05) is 96.8 Å². The minimum atomic E-state index is 0.0114. The third-order valence-electron chi connectivity index (χ3n) is 5.17. The largest absolute Gasteiger partial charge is 0.396 e. The van der Waals surface area contributed by atoms with Crippen LogP contribution in [0.2, 0.25) is 0 Å². The van der Waals surface area contributed by atoms with Gasteiger partial charge in [-0.2, -0.15) is 0 Å². The summed E-state index contributed by atoms with van der Waals surface area (Å²) in [5, 5.41) is 9.11. The molecule has 1 amide bonds. The van der Waals surface area contributed by atoms with Gasteiger partial charge in [-0.25, -0.2) is 0 Å². The van der Waals surface area contributed by atoms with Gasteiger partial charge in [0.1, 0.15) is 0 Å². The first-order chi connectivity index (χ1) is 12.1. The summed E-state index contributed by atoms with van der Waals surface area (Å²) < 4.78 is 0. The Hall–Kier alpha value is -0.570. The summed E-state index contributed by atoms with van der Waals surface area (Å²) in [6.07, 6.45) is 20.5. The standard InChI is InChI=1S/C22H45NO2/c1-4-5-6-7-8-9-10-11-12-13-14-15-16-17-18-21(19-20-24)22(25)23(2)3/h21,24H,4-20H2,1-3H3. The third kappa shape index (κ3) is 15.4. The van der Waals surface area contributed by atoms with Crippen LogP contribution >= 0.6 is 0 Å². The second-order valence-corrected chi connectivity index (χ2v) is 7.83. The molecule has 0 aromatic heterocycles. The minimum absolute atomic E-state index is 0.0114. The summed E-state index contributed by atoms with van der Waals surface area (Å²) in [7, 11) is 3.61. The molecule has 1 N–H and O–H groups in total. The lowest BCUT2D eigenvalue weighted by Crippen LogP contribution is -2.30. The number of carbonyl (C=O) groups is 1. The summed E-state index contributed by atoms with van der Waals surface area (Å²) in [4.78, 5) is 13.7. The lowest BCUT2D eigenvalue weighted by atomic mass is 9.96. The van der Waals surface area contributed by atoms with E-state index in [0.717, 1.165) is 12.8 Å². The molecule has 0 aliphatic carbocycles. The van der Waals surface area contributed by atoms with E-state index in [9.17, 15) is 4.79 Å². The Bertz CT molecular complexity index is 292. The van der Waals surface area contributed by atoms with Crippen LogP contribution in [0.3, 0.4) is 0 Å². The first kappa shape index (κ1) is 24.4. The fourth-order valence-electron chi connectivity index (χ4n) is 3.50. The van der Waals surface area contributed by atoms with Gasteiger partial charge < -0.3 is 10.0 Å². The van der Waals surface area contributed by atoms with E-state index in [2.05, 4.69) is 6.92 Å². The van der Waals surface area contributed by atoms with Crippen LogP contribution in [0.5, 0.6) is 0 Å². The monoisotopic (exact) mass is 355 g/mol. The first-order valence-electron chi connectivity index (χ1n) is 11.0. The van der Waals surface area contributed by atoms with Crippen LogP contribution in [0, 0.1) is 5.92 Å². The molecule has 0 rings (SSSR count). The van der Waals surface area contributed by atoms with Crippen molar-refractivity contribution in [2.24, 2.45) is 5.92 Å². The van der Waals surface area contributed by atoms with Crippen molar-refractivity contribution in [2.75, 3.05) is 20.7 Å². The van der Waals surface area contributed by atoms with E-state index in [1.54, 1.807) is 19.0 Å². The number of unbranched alkanes of at least 4 members (excludes halogenated alkanes) is 13. The maximum Gasteiger partial charge on any atom is 0.225 e. The number of hydrogen-bond donors (Lipinski definition) is 1. The molecule has 0 aromatic rings. The van der Waals surface area contributed by atoms with Crippen molar-refractivity contribution in [1.29, 1.82) is 0 Å². The highest BCUT2D eigenvalue weighted by molar-refractivity contribution is 5.78. The molecule has 3 heteroatoms. The Morgan fingerprint density at radius 3 is 1.48 bits per heavy atom. The van der Waals surface area contributed by atoms with E-state index in [0.29, 0.717) is 6.42 Å². The number of amides is 1. The lowest BCUT2D eigenvalue weighted by molar-refractivity contribution is -0.133. The molecule has 0 radical (unpaired) electrons. The van der Waals surface area contributed by atoms with Crippen LogP contribution in [0.4, 0.5) is 0 Å². The van der Waals surface area contributed by atoms with Crippen molar-refractivity contribution in [3.05, 3.63) is 0 Å². The number of nitrogens with zero attached hydrogens (tertiary/aromatic N) is 1. The molecule has 0 aliphatic heterocycles. The molecule has 25 heavy (non-hydrogen) atoms. The number of aliphatic hydroxyl groups excluding tert-OH is 1. The van der Waals surface area contributed by atoms with Crippen LogP contribution in [-0.4, -0.2) is 36.6 Å². The zero-order valence-electron chi connectivity index (χ0n) is 17.4. The average molecular weight is 356 g/mol. The molecule has 0 saturated heterocycles. The predicted octanol–water partition coefficient (Wildman–Crippen LogP) is 5.94. The maximum atomic E-state index is 12.0. The highest BCUT2D eigenvalue weighted by Gasteiger charge is 2.18. The molecule has 0 fully saturated rings. The summed E-state index contributed by atoms with van der Waals surface area (Å²) in [6.45, 7) is 2.39. The number of aliphatic hydroxyl groups is 1. The second kappa shape index (κ2) is 18.2. The summed E-state index contributed by atoms with van der Waals surface area (Å²) >= 11 is 0. The molecular formula is C22H45NO2. The lowest BCUT2D eigenvalue weighted by Gasteiger charge is -2.19. The van der Waals surface area contributed by atoms with E-state index in [4.69, 9.17) is 5.11 Å². The third-order valence-corrected chi connectivity index (χ3v) is 5.17. The fraction of sp³-hybridized carbons (Fsp3) is 0.955. The van der Waals surface area contributed by atoms with E-state index in [1.165, 1.54) is 83.5 Å². The topological polar surface area (TPSA) is 40.5 Å². The van der Waals surface area contributed by atoms with Crippen LogP contribution in [0.1, 0.15) is 110 Å². The number of rotatable bonds is 18. The average Bonchev–Trinajstić information content (AvgIpc) is 2.60. The Morgan fingerprint density at radius 1 is 0.720 bits per heavy atom. The highest BCUT2D eigenvalue weighted by Crippen LogP contribution is 2.18. The normalized spacial score (nSPS) is 12.3. The van der Waals surface area contributed by atoms with Gasteiger partial charge in [0.2, 0.25) is 5.91 Å². The summed E-state index contributed by atoms with van der Waals surface area (Å²) in [5.41, 5.74) is 0. The van der Waals surface area contributed by atoms with E-state index >= 15 is 0 Å². The molecule has 3 nitrogen and oxygen atoms in total. The van der Waals surface area contributed by atoms with E-state index < -0.39 is 0 Å². The SMILES string of the molecule is CCCCCCCCCCCCCCCCC(CCO)C(=O)N(C)C. The van der Waals surface area contributed by atoms with Crippen LogP contribution in [-0.2, 0) is 4.79 Å². The molecule has 0 aromatic carbocycles. The van der Waals surface area contributed by atoms with E-state index in [-0.39, 0.29) is 18.4 Å². The molecular weight excluding hydrogens is 310 g/mol. The number of carbonyl (C=O) groups excluding carboxylic acids is 1. The van der Waals surface area contributed by atoms with Gasteiger partial charge in [0.05, 0.1) is 0 Å². The van der Waals surface area contributed by atoms with Gasteiger partial charge in [0.15, 0.2) is 0 Å². The molecule has 0 heterocycles. The quantitative estimate of drug-likeness (QED) is 0.309. The molecule has 0 bridgehead atoms. The van der Waals surface area contributed by atoms with Crippen molar-refractivity contribution >= 4 is 5.91 Å². The number of hydrogen-bond acceptors (Lipinski definition) is 2. The first-order valence-corrected chi connectivity index (χ1v) is 11.0. The molecule has 150 valence electrons. The second-order valence-electron chi connectivity index (χ2n) is 7.83. The van der Waals surface area contributed by atoms with Crippen molar-refractivity contribution in [2.45, 2.75) is 110 Å². The molecule has 0 saturated carbocycles. The van der Waals surface area contributed by atoms with Gasteiger partial charge >= 0.3 is 0 Å². The molecule has 1 atom stereocenters. The van der Waals surface area contributed by atoms with Crippen LogP contribution in [0.15, 0.2) is 0 Å². The smallest absolute Gasteiger partial charge is 0.225 e. The predicted molar refractivity (Wildman–Crippen MR) is 109 cm³/mol. The van der Waals surface area contributed by atoms with E-state index in [1.807, 2.05) is 0 Å². The Balaban J connectivity index is 3.38. The Morgan fingerprint density at radius 2 is 1.12 bits per heavy atom. The summed E-state index contributed by atoms with van der Waals surface area (Å²) in [6, 6.07) is 0. The Labute approximate surface area is 157 Å². The van der Waals surface area contributed by atoms with Crippen molar-refractivity contribution in [1.82, 2.24) is 4.90 Å². The zero-order valence-corrected chi connectivity index (χ0v) is 17.4. The van der Waals surface area contributed by atoms with Crippen molar-refractivity contribution in [3.63, 3.8) is 0 Å². The highest BCUT2D eigenvalue weighted by atomic mass is 16.3. The zero-order chi connectivity index (χ0) is 18.8. The van der Waals surface area contributed by atoms with Crippen LogP contribution in [0.25, 0.3) is 0 Å². The van der Waals surface area contributed by atoms with Crippen molar-refractivity contribution < 1.29 is 9.90 Å². The van der Waals surface area contributed by atoms with Gasteiger partial charge in [0.25, 0.3) is 0 Å². The molecule has 0 aliphatic rings. The van der Waals surface area contributed by atoms with Gasteiger partial charge in [-0.05, 0) is 12.8 Å². The minimum Gasteiger partial charge on any atom is -0.396 e. The van der Waals surface area contributed by atoms with Gasteiger partial charge in [-0.15, -0.1) is 0 Å². The maximum absolute atomic E-state index is 12.0. The fourth-order valence-corrected chi connectivity index (χ4v) is 3.50. The Kier molecular flexibility index (Phi) is 17.8. The van der Waals surface area contributed by atoms with Gasteiger partial charge in [0, 0.05) is 26.6 Å². The summed E-state index contributed by atoms with van der Waals surface area (Å²) in [5.74, 6) is 0.182. The van der Waals surface area contributed by atoms with Crippen LogP contribution < -0.4 is 0 Å².